The molecule has 0 spiro atoms. The van der Waals surface area contributed by atoms with Gasteiger partial charge < -0.3 is 10.2 Å². The highest BCUT2D eigenvalue weighted by Gasteiger charge is 2.32. The number of carbonyl (C=O) groups is 1. The number of hydrogen-bond donors (Lipinski definition) is 1. The number of rotatable bonds is 8. The molecular weight excluding hydrogens is 346 g/mol. The third-order valence-electron chi connectivity index (χ3n) is 4.86. The summed E-state index contributed by atoms with van der Waals surface area (Å²) in [7, 11) is 0. The van der Waals surface area contributed by atoms with E-state index in [4.69, 9.17) is 0 Å². The Morgan fingerprint density at radius 3 is 2.65 bits per heavy atom. The Hall–Kier alpha value is -2.02. The van der Waals surface area contributed by atoms with Crippen LogP contribution in [0.15, 0.2) is 35.5 Å². The first kappa shape index (κ1) is 17.4. The average Bonchev–Trinajstić information content (AvgIpc) is 3.19. The Bertz CT molecular complexity index is 738. The molecule has 1 aromatic heterocycles. The van der Waals surface area contributed by atoms with Gasteiger partial charge in [-0.05, 0) is 37.7 Å². The number of anilines is 1. The lowest BCUT2D eigenvalue weighted by atomic mass is 10.1. The Balaban J connectivity index is 1.29. The molecule has 1 N–H and O–H groups in total. The molecule has 138 valence electrons. The van der Waals surface area contributed by atoms with Crippen molar-refractivity contribution in [2.75, 3.05) is 30.3 Å². The highest BCUT2D eigenvalue weighted by atomic mass is 32.2. The molecule has 2 aromatic rings. The first-order valence-corrected chi connectivity index (χ1v) is 10.4. The van der Waals surface area contributed by atoms with Crippen LogP contribution in [0.25, 0.3) is 0 Å². The second kappa shape index (κ2) is 8.12. The number of hydrogen-bond acceptors (Lipinski definition) is 5. The van der Waals surface area contributed by atoms with Crippen molar-refractivity contribution in [1.29, 1.82) is 0 Å². The lowest BCUT2D eigenvalue weighted by Gasteiger charge is -2.17. The minimum atomic E-state index is 0.0546. The lowest BCUT2D eigenvalue weighted by Crippen LogP contribution is -2.27. The van der Waals surface area contributed by atoms with E-state index in [1.165, 1.54) is 43.0 Å². The fourth-order valence-corrected chi connectivity index (χ4v) is 4.16. The predicted molar refractivity (Wildman–Crippen MR) is 104 cm³/mol. The van der Waals surface area contributed by atoms with Crippen LogP contribution in [0, 0.1) is 0 Å². The molecule has 26 heavy (non-hydrogen) atoms. The van der Waals surface area contributed by atoms with Crippen molar-refractivity contribution in [3.63, 3.8) is 0 Å². The van der Waals surface area contributed by atoms with Gasteiger partial charge in [-0.15, -0.1) is 10.2 Å². The zero-order valence-corrected chi connectivity index (χ0v) is 15.7. The zero-order valence-electron chi connectivity index (χ0n) is 14.9. The second-order valence-electron chi connectivity index (χ2n) is 6.95. The smallest absolute Gasteiger partial charge is 0.230 e. The van der Waals surface area contributed by atoms with Crippen LogP contribution in [0.3, 0.4) is 0 Å². The van der Waals surface area contributed by atoms with Gasteiger partial charge in [0, 0.05) is 25.7 Å². The van der Waals surface area contributed by atoms with E-state index in [2.05, 4.69) is 37.1 Å². The fourth-order valence-electron chi connectivity index (χ4n) is 3.32. The molecule has 1 aromatic carbocycles. The van der Waals surface area contributed by atoms with Gasteiger partial charge in [-0.3, -0.25) is 9.36 Å². The number of aromatic nitrogens is 3. The van der Waals surface area contributed by atoms with Crippen LogP contribution in [0.1, 0.15) is 37.3 Å². The zero-order chi connectivity index (χ0) is 17.8. The van der Waals surface area contributed by atoms with Crippen LogP contribution in [-0.4, -0.2) is 46.1 Å². The van der Waals surface area contributed by atoms with Gasteiger partial charge in [-0.25, -0.2) is 0 Å². The van der Waals surface area contributed by atoms with Gasteiger partial charge in [0.15, 0.2) is 5.16 Å². The van der Waals surface area contributed by atoms with E-state index in [0.717, 1.165) is 30.6 Å². The largest absolute Gasteiger partial charge is 0.355 e. The van der Waals surface area contributed by atoms with Gasteiger partial charge in [0.05, 0.1) is 5.75 Å². The van der Waals surface area contributed by atoms with Gasteiger partial charge in [-0.1, -0.05) is 42.1 Å². The fraction of sp³-hybridized carbons (Fsp3) is 0.526. The normalized spacial score (nSPS) is 16.8. The first-order valence-electron chi connectivity index (χ1n) is 9.44. The van der Waals surface area contributed by atoms with Crippen LogP contribution in [0.2, 0.25) is 0 Å². The number of thioether (sulfide) groups is 1. The second-order valence-corrected chi connectivity index (χ2v) is 7.89. The summed E-state index contributed by atoms with van der Waals surface area (Å²) in [6.45, 7) is 2.79. The van der Waals surface area contributed by atoms with E-state index in [1.54, 1.807) is 0 Å². The standard InChI is InChI=1S/C19H25N5OS/c25-17(20-11-10-15-6-2-1-3-7-15)14-26-19-22-21-18(23-12-4-5-13-23)24(19)16-8-9-16/h1-3,6-7,16H,4-5,8-14H2,(H,20,25). The number of nitrogens with one attached hydrogen (secondary N) is 1. The van der Waals surface area contributed by atoms with Crippen molar-refractivity contribution in [3.8, 4) is 0 Å². The summed E-state index contributed by atoms with van der Waals surface area (Å²) >= 11 is 1.50. The summed E-state index contributed by atoms with van der Waals surface area (Å²) in [6, 6.07) is 10.7. The van der Waals surface area contributed by atoms with Gasteiger partial charge in [0.2, 0.25) is 11.9 Å². The molecule has 1 aliphatic heterocycles. The van der Waals surface area contributed by atoms with E-state index < -0.39 is 0 Å². The molecule has 2 fully saturated rings. The SMILES string of the molecule is O=C(CSc1nnc(N2CCCC2)n1C1CC1)NCCc1ccccc1. The van der Waals surface area contributed by atoms with Crippen LogP contribution < -0.4 is 10.2 Å². The monoisotopic (exact) mass is 371 g/mol. The van der Waals surface area contributed by atoms with Crippen molar-refractivity contribution in [1.82, 2.24) is 20.1 Å². The number of nitrogens with zero attached hydrogens (tertiary/aromatic N) is 4. The summed E-state index contributed by atoms with van der Waals surface area (Å²) in [4.78, 5) is 14.5. The van der Waals surface area contributed by atoms with Gasteiger partial charge >= 0.3 is 0 Å². The maximum atomic E-state index is 12.2. The van der Waals surface area contributed by atoms with E-state index in [9.17, 15) is 4.79 Å². The molecule has 1 saturated heterocycles. The molecule has 1 aliphatic carbocycles. The Labute approximate surface area is 158 Å². The number of carbonyl (C=O) groups excluding carboxylic acids is 1. The molecule has 0 radical (unpaired) electrons. The molecular formula is C19H25N5OS. The first-order chi connectivity index (χ1) is 12.8. The van der Waals surface area contributed by atoms with Gasteiger partial charge in [-0.2, -0.15) is 0 Å². The Kier molecular flexibility index (Phi) is 5.43. The minimum Gasteiger partial charge on any atom is -0.355 e. The van der Waals surface area contributed by atoms with E-state index in [0.29, 0.717) is 18.3 Å². The molecule has 0 bridgehead atoms. The molecule has 4 rings (SSSR count). The predicted octanol–water partition coefficient (Wildman–Crippen LogP) is 2.66. The highest BCUT2D eigenvalue weighted by Crippen LogP contribution is 2.41. The molecule has 6 nitrogen and oxygen atoms in total. The molecule has 1 saturated carbocycles. The minimum absolute atomic E-state index is 0.0546. The summed E-state index contributed by atoms with van der Waals surface area (Å²) in [5.74, 6) is 1.44. The van der Waals surface area contributed by atoms with Gasteiger partial charge in [0.1, 0.15) is 0 Å². The van der Waals surface area contributed by atoms with Crippen molar-refractivity contribution >= 4 is 23.6 Å². The van der Waals surface area contributed by atoms with Crippen molar-refractivity contribution in [3.05, 3.63) is 35.9 Å². The van der Waals surface area contributed by atoms with E-state index in [1.807, 2.05) is 18.2 Å². The Morgan fingerprint density at radius 1 is 1.15 bits per heavy atom. The van der Waals surface area contributed by atoms with Crippen LogP contribution in [0.5, 0.6) is 0 Å². The molecule has 0 atom stereocenters. The summed E-state index contributed by atoms with van der Waals surface area (Å²) < 4.78 is 2.26. The van der Waals surface area contributed by atoms with Crippen molar-refractivity contribution in [2.24, 2.45) is 0 Å². The molecule has 2 heterocycles. The van der Waals surface area contributed by atoms with Crippen molar-refractivity contribution < 1.29 is 4.79 Å². The summed E-state index contributed by atoms with van der Waals surface area (Å²) in [6.07, 6.45) is 5.69. The highest BCUT2D eigenvalue weighted by molar-refractivity contribution is 7.99. The van der Waals surface area contributed by atoms with E-state index >= 15 is 0 Å². The van der Waals surface area contributed by atoms with Crippen LogP contribution >= 0.6 is 11.8 Å². The molecule has 2 aliphatic rings. The topological polar surface area (TPSA) is 63.1 Å². The maximum Gasteiger partial charge on any atom is 0.230 e. The maximum absolute atomic E-state index is 12.2. The van der Waals surface area contributed by atoms with E-state index in [-0.39, 0.29) is 5.91 Å². The summed E-state index contributed by atoms with van der Waals surface area (Å²) in [5, 5.41) is 12.7. The Morgan fingerprint density at radius 2 is 1.92 bits per heavy atom. The average molecular weight is 372 g/mol. The van der Waals surface area contributed by atoms with Crippen LogP contribution in [0.4, 0.5) is 5.95 Å². The van der Waals surface area contributed by atoms with Crippen LogP contribution in [-0.2, 0) is 11.2 Å². The van der Waals surface area contributed by atoms with Crippen molar-refractivity contribution in [2.45, 2.75) is 43.3 Å². The summed E-state index contributed by atoms with van der Waals surface area (Å²) in [5.41, 5.74) is 1.24. The molecule has 7 heteroatoms. The third-order valence-corrected chi connectivity index (χ3v) is 5.80. The number of amides is 1. The third kappa shape index (κ3) is 4.20. The molecule has 0 unspecified atom stereocenters. The molecule has 1 amide bonds. The number of benzene rings is 1. The quantitative estimate of drug-likeness (QED) is 0.723. The van der Waals surface area contributed by atoms with Gasteiger partial charge in [0.25, 0.3) is 0 Å². The lowest BCUT2D eigenvalue weighted by molar-refractivity contribution is -0.118.